The van der Waals surface area contributed by atoms with E-state index >= 15 is 0 Å². The van der Waals surface area contributed by atoms with Gasteiger partial charge in [-0.25, -0.2) is 9.59 Å². The van der Waals surface area contributed by atoms with E-state index in [9.17, 15) is 9.59 Å². The number of hydrogen-bond donors (Lipinski definition) is 2. The molecule has 0 heterocycles. The molecule has 0 atom stereocenters. The van der Waals surface area contributed by atoms with Crippen LogP contribution in [-0.4, -0.2) is 171 Å². The molecule has 0 saturated carbocycles. The van der Waals surface area contributed by atoms with Crippen molar-refractivity contribution in [2.75, 3.05) is 158 Å². The van der Waals surface area contributed by atoms with Crippen LogP contribution in [0.5, 0.6) is 0 Å². The van der Waals surface area contributed by atoms with Crippen LogP contribution in [0, 0.1) is 0 Å². The lowest BCUT2D eigenvalue weighted by Gasteiger charge is -2.14. The van der Waals surface area contributed by atoms with Gasteiger partial charge in [0.15, 0.2) is 0 Å². The number of fused-ring (bicyclic) bond motifs is 6. The molecule has 0 spiro atoms. The van der Waals surface area contributed by atoms with Gasteiger partial charge >= 0.3 is 12.2 Å². The molecule has 382 valence electrons. The van der Waals surface area contributed by atoms with Crippen LogP contribution in [0.15, 0.2) is 97.1 Å². The van der Waals surface area contributed by atoms with Gasteiger partial charge in [-0.1, -0.05) is 97.1 Å². The minimum Gasteiger partial charge on any atom is -0.449 e. The van der Waals surface area contributed by atoms with Crippen molar-refractivity contribution in [3.63, 3.8) is 0 Å². The molecule has 2 amide bonds. The first-order valence-electron chi connectivity index (χ1n) is 24.7. The van der Waals surface area contributed by atoms with Gasteiger partial charge in [0, 0.05) is 38.1 Å². The second-order valence-corrected chi connectivity index (χ2v) is 16.3. The van der Waals surface area contributed by atoms with E-state index in [-0.39, 0.29) is 11.8 Å². The van der Waals surface area contributed by atoms with E-state index in [1.165, 1.54) is 44.5 Å². The van der Waals surface area contributed by atoms with Crippen LogP contribution in [0.1, 0.15) is 46.9 Å². The lowest BCUT2D eigenvalue weighted by Crippen LogP contribution is -2.27. The Morgan fingerprint density at radius 2 is 0.529 bits per heavy atom. The lowest BCUT2D eigenvalue weighted by molar-refractivity contribution is -0.0264. The van der Waals surface area contributed by atoms with Gasteiger partial charge in [0.2, 0.25) is 0 Å². The minimum absolute atomic E-state index is 0.0434. The molecule has 4 aromatic carbocycles. The maximum absolute atomic E-state index is 12.3. The van der Waals surface area contributed by atoms with E-state index < -0.39 is 12.2 Å². The topological polar surface area (TPSA) is 169 Å². The highest BCUT2D eigenvalue weighted by Crippen LogP contribution is 2.45. The third-order valence-electron chi connectivity index (χ3n) is 11.5. The molecule has 0 aromatic heterocycles. The van der Waals surface area contributed by atoms with Gasteiger partial charge in [-0.05, 0) is 57.3 Å². The summed E-state index contributed by atoms with van der Waals surface area (Å²) in [4.78, 5) is 24.6. The second kappa shape index (κ2) is 33.6. The molecule has 0 saturated heterocycles. The molecule has 0 unspecified atom stereocenters. The Bertz CT molecular complexity index is 1840. The van der Waals surface area contributed by atoms with Crippen molar-refractivity contribution in [1.82, 2.24) is 10.6 Å². The smallest absolute Gasteiger partial charge is 0.407 e. The zero-order valence-electron chi connectivity index (χ0n) is 40.5. The van der Waals surface area contributed by atoms with Crippen LogP contribution in [0.2, 0.25) is 0 Å². The maximum Gasteiger partial charge on any atom is 0.407 e. The zero-order valence-corrected chi connectivity index (χ0v) is 40.5. The summed E-state index contributed by atoms with van der Waals surface area (Å²) in [5.41, 5.74) is 9.59. The molecule has 0 bridgehead atoms. The summed E-state index contributed by atoms with van der Waals surface area (Å²) in [5, 5.41) is 5.62. The predicted octanol–water partition coefficient (Wildman–Crippen LogP) is 7.01. The van der Waals surface area contributed by atoms with Crippen LogP contribution < -0.4 is 10.6 Å². The number of carbonyl (C=O) groups excluding carboxylic acids is 2. The molecule has 2 N–H and O–H groups in total. The molecule has 16 heteroatoms. The van der Waals surface area contributed by atoms with Crippen molar-refractivity contribution in [3.8, 4) is 22.3 Å². The normalized spacial score (nSPS) is 12.6. The highest BCUT2D eigenvalue weighted by atomic mass is 16.6. The minimum atomic E-state index is -0.419. The first kappa shape index (κ1) is 54.4. The maximum atomic E-state index is 12.3. The highest BCUT2D eigenvalue weighted by Gasteiger charge is 2.30. The Balaban J connectivity index is 0.585. The molecule has 0 radical (unpaired) electrons. The van der Waals surface area contributed by atoms with E-state index in [4.69, 9.17) is 56.8 Å². The Kier molecular flexibility index (Phi) is 26.1. The quantitative estimate of drug-likeness (QED) is 0.0438. The van der Waals surface area contributed by atoms with Crippen LogP contribution in [0.25, 0.3) is 22.3 Å². The molecule has 2 aliphatic rings. The van der Waals surface area contributed by atoms with E-state index in [1.807, 2.05) is 48.5 Å². The van der Waals surface area contributed by atoms with Crippen molar-refractivity contribution in [1.29, 1.82) is 0 Å². The standard InChI is InChI=1S/C54H72N2O14/c57-53(69-41-51-47-15-5-1-11-43(47)44-12-2-6-16-48(44)51)55-19-9-21-59-23-25-61-27-29-63-31-33-65-35-37-67-39-40-68-38-36-66-34-32-64-30-28-62-26-24-60-22-10-20-56-54(58)70-42-52-49-17-7-3-13-45(49)46-14-4-8-18-50(46)52/h1-8,11-18,51-52H,9-10,19-42H2,(H,55,57)(H,56,58). The summed E-state index contributed by atoms with van der Waals surface area (Å²) < 4.78 is 66.6. The summed E-state index contributed by atoms with van der Waals surface area (Å²) in [6, 6.07) is 33.1. The zero-order chi connectivity index (χ0) is 48.5. The fourth-order valence-corrected chi connectivity index (χ4v) is 8.11. The molecule has 2 aliphatic carbocycles. The summed E-state index contributed by atoms with van der Waals surface area (Å²) in [7, 11) is 0. The number of nitrogens with one attached hydrogen (secondary N) is 2. The predicted molar refractivity (Wildman–Crippen MR) is 264 cm³/mol. The molecule has 16 nitrogen and oxygen atoms in total. The van der Waals surface area contributed by atoms with Crippen molar-refractivity contribution in [3.05, 3.63) is 119 Å². The SMILES string of the molecule is O=C(NCCCOCCOCCOCCOCCOCCOCCOCCOCCOCCOCCCNC(=O)OCC1c2ccccc2-c2ccccc21)OCC1c2ccccc2-c2ccccc21. The molecule has 0 fully saturated rings. The third kappa shape index (κ3) is 19.3. The number of hydrogen-bond acceptors (Lipinski definition) is 14. The summed E-state index contributed by atoms with van der Waals surface area (Å²) >= 11 is 0. The first-order chi connectivity index (χ1) is 34.7. The van der Waals surface area contributed by atoms with Crippen LogP contribution in [0.4, 0.5) is 9.59 Å². The van der Waals surface area contributed by atoms with Gasteiger partial charge in [-0.15, -0.1) is 0 Å². The van der Waals surface area contributed by atoms with E-state index in [0.29, 0.717) is 171 Å². The Hall–Kier alpha value is -4.98. The second-order valence-electron chi connectivity index (χ2n) is 16.3. The number of amides is 2. The number of alkyl carbamates (subject to hydrolysis) is 2. The summed E-state index contributed by atoms with van der Waals surface area (Å²) in [6.07, 6.45) is 0.518. The van der Waals surface area contributed by atoms with Gasteiger partial charge < -0.3 is 67.5 Å². The van der Waals surface area contributed by atoms with Crippen molar-refractivity contribution < 1.29 is 66.4 Å². The van der Waals surface area contributed by atoms with Gasteiger partial charge in [0.25, 0.3) is 0 Å². The van der Waals surface area contributed by atoms with Gasteiger partial charge in [-0.2, -0.15) is 0 Å². The van der Waals surface area contributed by atoms with E-state index in [2.05, 4.69) is 59.2 Å². The molecule has 70 heavy (non-hydrogen) atoms. The first-order valence-corrected chi connectivity index (χ1v) is 24.7. The fourth-order valence-electron chi connectivity index (χ4n) is 8.11. The molecule has 4 aromatic rings. The Morgan fingerprint density at radius 3 is 0.771 bits per heavy atom. The van der Waals surface area contributed by atoms with Crippen LogP contribution in [0.3, 0.4) is 0 Å². The lowest BCUT2D eigenvalue weighted by atomic mass is 9.98. The van der Waals surface area contributed by atoms with Crippen molar-refractivity contribution in [2.45, 2.75) is 24.7 Å². The van der Waals surface area contributed by atoms with Gasteiger partial charge in [-0.3, -0.25) is 0 Å². The molecular weight excluding hydrogens is 901 g/mol. The van der Waals surface area contributed by atoms with Crippen LogP contribution in [-0.2, 0) is 56.8 Å². The number of carbonyl (C=O) groups is 2. The average Bonchev–Trinajstić information content (AvgIpc) is 3.89. The van der Waals surface area contributed by atoms with Crippen LogP contribution >= 0.6 is 0 Å². The Morgan fingerprint density at radius 1 is 0.314 bits per heavy atom. The number of benzene rings is 4. The average molecular weight is 973 g/mol. The highest BCUT2D eigenvalue weighted by molar-refractivity contribution is 5.80. The van der Waals surface area contributed by atoms with Crippen molar-refractivity contribution in [2.24, 2.45) is 0 Å². The van der Waals surface area contributed by atoms with Gasteiger partial charge in [0.05, 0.1) is 119 Å². The number of ether oxygens (including phenoxy) is 12. The number of rotatable bonds is 39. The summed E-state index contributed by atoms with van der Waals surface area (Å²) in [5.74, 6) is 0.0867. The molecule has 6 rings (SSSR count). The van der Waals surface area contributed by atoms with Gasteiger partial charge in [0.1, 0.15) is 13.2 Å². The largest absolute Gasteiger partial charge is 0.449 e. The Labute approximate surface area is 412 Å². The van der Waals surface area contributed by atoms with E-state index in [0.717, 1.165) is 0 Å². The van der Waals surface area contributed by atoms with Crippen molar-refractivity contribution >= 4 is 12.2 Å². The third-order valence-corrected chi connectivity index (χ3v) is 11.5. The fraction of sp³-hybridized carbons (Fsp3) is 0.519. The molecular formula is C54H72N2O14. The van der Waals surface area contributed by atoms with E-state index in [1.54, 1.807) is 0 Å². The molecule has 0 aliphatic heterocycles. The monoisotopic (exact) mass is 972 g/mol. The summed E-state index contributed by atoms with van der Waals surface area (Å²) in [6.45, 7) is 11.1.